The first-order valence-electron chi connectivity index (χ1n) is 13.8. The summed E-state index contributed by atoms with van der Waals surface area (Å²) in [6.45, 7) is 6.35. The number of carbonyl (C=O) groups excluding carboxylic acids is 1. The lowest BCUT2D eigenvalue weighted by Gasteiger charge is -2.24. The zero-order chi connectivity index (χ0) is 31.4. The van der Waals surface area contributed by atoms with Crippen LogP contribution in [0.3, 0.4) is 0 Å². The van der Waals surface area contributed by atoms with E-state index in [-0.39, 0.29) is 18.8 Å². The maximum Gasteiger partial charge on any atom is 0.338 e. The number of rotatable bonds is 9. The van der Waals surface area contributed by atoms with E-state index < -0.39 is 12.0 Å². The van der Waals surface area contributed by atoms with Crippen molar-refractivity contribution in [3.8, 4) is 17.6 Å². The lowest BCUT2D eigenvalue weighted by atomic mass is 9.96. The van der Waals surface area contributed by atoms with Crippen LogP contribution in [0.25, 0.3) is 6.08 Å². The number of hydrogen-bond acceptors (Lipinski definition) is 8. The van der Waals surface area contributed by atoms with Gasteiger partial charge in [-0.25, -0.2) is 9.79 Å². The van der Waals surface area contributed by atoms with E-state index in [4.69, 9.17) is 31.1 Å². The molecule has 5 rings (SSSR count). The second-order valence-electron chi connectivity index (χ2n) is 9.71. The van der Waals surface area contributed by atoms with Crippen molar-refractivity contribution >= 4 is 57.6 Å². The van der Waals surface area contributed by atoms with E-state index in [1.165, 1.54) is 15.9 Å². The summed E-state index contributed by atoms with van der Waals surface area (Å²) in [6.07, 6.45) is 1.74. The second kappa shape index (κ2) is 13.8. The largest absolute Gasteiger partial charge is 0.494 e. The van der Waals surface area contributed by atoms with Crippen LogP contribution in [-0.2, 0) is 16.1 Å². The van der Waals surface area contributed by atoms with E-state index in [1.54, 1.807) is 44.2 Å². The smallest absolute Gasteiger partial charge is 0.338 e. The molecule has 8 nitrogen and oxygen atoms in total. The van der Waals surface area contributed by atoms with Crippen LogP contribution in [0.5, 0.6) is 11.5 Å². The lowest BCUT2D eigenvalue weighted by molar-refractivity contribution is -0.139. The number of halogens is 2. The summed E-state index contributed by atoms with van der Waals surface area (Å²) in [5, 5.41) is 9.58. The number of benzene rings is 3. The van der Waals surface area contributed by atoms with E-state index >= 15 is 0 Å². The number of hydrogen-bond donors (Lipinski definition) is 0. The minimum Gasteiger partial charge on any atom is -0.494 e. The monoisotopic (exact) mass is 739 g/mol. The molecule has 0 aliphatic carbocycles. The molecule has 1 atom stereocenters. The summed E-state index contributed by atoms with van der Waals surface area (Å²) in [4.78, 5) is 32.4. The maximum atomic E-state index is 14.1. The van der Waals surface area contributed by atoms with Gasteiger partial charge in [0.1, 0.15) is 18.1 Å². The molecule has 1 aromatic heterocycles. The summed E-state index contributed by atoms with van der Waals surface area (Å²) >= 11 is 9.82. The van der Waals surface area contributed by atoms with Crippen molar-refractivity contribution in [2.75, 3.05) is 13.2 Å². The Morgan fingerprint density at radius 3 is 2.50 bits per heavy atom. The van der Waals surface area contributed by atoms with Crippen LogP contribution in [-0.4, -0.2) is 23.8 Å². The molecular weight excluding hydrogens is 713 g/mol. The highest BCUT2D eigenvalue weighted by Gasteiger charge is 2.33. The van der Waals surface area contributed by atoms with Gasteiger partial charge in [-0.3, -0.25) is 9.36 Å². The van der Waals surface area contributed by atoms with Crippen LogP contribution in [0.1, 0.15) is 49.1 Å². The molecule has 1 aliphatic heterocycles. The third-order valence-corrected chi connectivity index (χ3v) is 8.82. The van der Waals surface area contributed by atoms with Crippen molar-refractivity contribution in [2.45, 2.75) is 33.4 Å². The molecule has 1 aliphatic rings. The molecule has 3 aromatic carbocycles. The first-order chi connectivity index (χ1) is 21.2. The van der Waals surface area contributed by atoms with E-state index in [9.17, 15) is 9.59 Å². The second-order valence-corrected chi connectivity index (χ2v) is 12.3. The Morgan fingerprint density at radius 2 is 1.84 bits per heavy atom. The number of aromatic nitrogens is 1. The Morgan fingerprint density at radius 1 is 1.11 bits per heavy atom. The Kier molecular flexibility index (Phi) is 9.88. The number of fused-ring (bicyclic) bond motifs is 1. The molecule has 0 amide bonds. The van der Waals surface area contributed by atoms with Crippen molar-refractivity contribution in [3.05, 3.63) is 122 Å². The number of allylic oxidation sites excluding steroid dienone is 1. The highest BCUT2D eigenvalue weighted by Crippen LogP contribution is 2.33. The van der Waals surface area contributed by atoms with Crippen LogP contribution < -0.4 is 24.4 Å². The van der Waals surface area contributed by atoms with Crippen molar-refractivity contribution in [1.29, 1.82) is 5.26 Å². The Hall–Kier alpha value is -3.92. The van der Waals surface area contributed by atoms with Crippen molar-refractivity contribution in [2.24, 2.45) is 4.99 Å². The minimum absolute atomic E-state index is 0.189. The fourth-order valence-electron chi connectivity index (χ4n) is 4.83. The van der Waals surface area contributed by atoms with Crippen LogP contribution in [0.2, 0.25) is 5.02 Å². The Bertz CT molecular complexity index is 1980. The zero-order valence-electron chi connectivity index (χ0n) is 24.1. The van der Waals surface area contributed by atoms with Gasteiger partial charge >= 0.3 is 5.97 Å². The standard InChI is InChI=1S/C33H27ClIN3O5S/c1-4-41-25-12-10-22(11-13-25)29-28(32(40)42-5-2)19(3)37-33-38(29)31(39)27(44-33)15-23-14-24(34)16-26(35)30(23)43-18-21-8-6-20(17-36)7-9-21/h6-16,29H,4-5,18H2,1-3H3/b27-15-/t29-/m0/s1. The van der Waals surface area contributed by atoms with Gasteiger partial charge in [0.05, 0.1) is 50.3 Å². The van der Waals surface area contributed by atoms with Crippen LogP contribution >= 0.6 is 45.5 Å². The first-order valence-corrected chi connectivity index (χ1v) is 16.0. The molecule has 0 fully saturated rings. The predicted octanol–water partition coefficient (Wildman–Crippen LogP) is 5.91. The summed E-state index contributed by atoms with van der Waals surface area (Å²) in [5.41, 5.74) is 3.28. The summed E-state index contributed by atoms with van der Waals surface area (Å²) in [5.74, 6) is 0.729. The average Bonchev–Trinajstić information content (AvgIpc) is 3.30. The lowest BCUT2D eigenvalue weighted by Crippen LogP contribution is -2.39. The van der Waals surface area contributed by atoms with E-state index in [1.807, 2.05) is 43.3 Å². The molecule has 11 heteroatoms. The van der Waals surface area contributed by atoms with Gasteiger partial charge in [0.2, 0.25) is 0 Å². The van der Waals surface area contributed by atoms with Gasteiger partial charge in [0, 0.05) is 10.6 Å². The topological polar surface area (TPSA) is 103 Å². The van der Waals surface area contributed by atoms with E-state index in [0.717, 1.165) is 14.7 Å². The number of thiazole rings is 1. The highest BCUT2D eigenvalue weighted by molar-refractivity contribution is 14.1. The molecule has 2 heterocycles. The van der Waals surface area contributed by atoms with Crippen molar-refractivity contribution in [3.63, 3.8) is 0 Å². The van der Waals surface area contributed by atoms with Crippen molar-refractivity contribution < 1.29 is 19.0 Å². The molecule has 0 saturated heterocycles. The minimum atomic E-state index is -0.741. The fraction of sp³-hybridized carbons (Fsp3) is 0.212. The molecule has 224 valence electrons. The molecule has 0 radical (unpaired) electrons. The van der Waals surface area contributed by atoms with Crippen LogP contribution in [0.15, 0.2) is 81.7 Å². The van der Waals surface area contributed by atoms with E-state index in [2.05, 4.69) is 33.7 Å². The van der Waals surface area contributed by atoms with E-state index in [0.29, 0.717) is 54.9 Å². The normalized spacial score (nSPS) is 14.5. The van der Waals surface area contributed by atoms with Crippen LogP contribution in [0, 0.1) is 14.9 Å². The molecule has 0 unspecified atom stereocenters. The summed E-state index contributed by atoms with van der Waals surface area (Å²) in [6, 6.07) is 19.4. The molecule has 0 saturated carbocycles. The van der Waals surface area contributed by atoms with Gasteiger partial charge in [-0.15, -0.1) is 0 Å². The third kappa shape index (κ3) is 6.60. The summed E-state index contributed by atoms with van der Waals surface area (Å²) in [7, 11) is 0. The predicted molar refractivity (Wildman–Crippen MR) is 178 cm³/mol. The number of esters is 1. The number of ether oxygens (including phenoxy) is 3. The van der Waals surface area contributed by atoms with Crippen LogP contribution in [0.4, 0.5) is 0 Å². The third-order valence-electron chi connectivity index (χ3n) is 6.81. The summed E-state index contributed by atoms with van der Waals surface area (Å²) < 4.78 is 19.9. The van der Waals surface area contributed by atoms with Gasteiger partial charge in [-0.05, 0) is 97.0 Å². The first kappa shape index (κ1) is 31.5. The number of carbonyl (C=O) groups is 1. The molecule has 0 spiro atoms. The number of nitriles is 1. The maximum absolute atomic E-state index is 14.1. The van der Waals surface area contributed by atoms with Gasteiger partial charge < -0.3 is 14.2 Å². The molecule has 4 aromatic rings. The van der Waals surface area contributed by atoms with Gasteiger partial charge in [0.25, 0.3) is 5.56 Å². The van der Waals surface area contributed by atoms with Crippen molar-refractivity contribution in [1.82, 2.24) is 4.57 Å². The Labute approximate surface area is 276 Å². The highest BCUT2D eigenvalue weighted by atomic mass is 127. The average molecular weight is 740 g/mol. The zero-order valence-corrected chi connectivity index (χ0v) is 27.8. The molecule has 0 N–H and O–H groups in total. The quantitative estimate of drug-likeness (QED) is 0.156. The van der Waals surface area contributed by atoms with Gasteiger partial charge in [-0.1, -0.05) is 47.2 Å². The Balaban J connectivity index is 1.61. The molecule has 0 bridgehead atoms. The fourth-order valence-corrected chi connectivity index (χ4v) is 7.08. The van der Waals surface area contributed by atoms with Gasteiger partial charge in [-0.2, -0.15) is 5.26 Å². The number of nitrogens with zero attached hydrogens (tertiary/aromatic N) is 3. The molecular formula is C33H27ClIN3O5S. The van der Waals surface area contributed by atoms with Gasteiger partial charge in [0.15, 0.2) is 4.80 Å². The SMILES string of the molecule is CCOC(=O)C1=C(C)N=c2s/c(=C\c3cc(Cl)cc(I)c3OCc3ccc(C#N)cc3)c(=O)n2[C@H]1c1ccc(OCC)cc1. The molecule has 44 heavy (non-hydrogen) atoms.